The molecular formula is C15H16ClN3O3. The van der Waals surface area contributed by atoms with Crippen LogP contribution >= 0.6 is 11.6 Å². The highest BCUT2D eigenvalue weighted by molar-refractivity contribution is 6.30. The number of carboxylic acids is 1. The van der Waals surface area contributed by atoms with E-state index < -0.39 is 17.9 Å². The molecule has 0 aliphatic carbocycles. The maximum atomic E-state index is 12.1. The van der Waals surface area contributed by atoms with Gasteiger partial charge in [0.05, 0.1) is 0 Å². The summed E-state index contributed by atoms with van der Waals surface area (Å²) >= 11 is 5.88. The highest BCUT2D eigenvalue weighted by Crippen LogP contribution is 2.13. The second-order valence-electron chi connectivity index (χ2n) is 4.99. The zero-order valence-corrected chi connectivity index (χ0v) is 13.0. The lowest BCUT2D eigenvalue weighted by Gasteiger charge is -2.14. The summed E-state index contributed by atoms with van der Waals surface area (Å²) in [7, 11) is 1.72. The molecule has 0 radical (unpaired) electrons. The number of halogens is 1. The van der Waals surface area contributed by atoms with Crippen molar-refractivity contribution in [3.63, 3.8) is 0 Å². The van der Waals surface area contributed by atoms with E-state index in [0.717, 1.165) is 11.3 Å². The van der Waals surface area contributed by atoms with Crippen LogP contribution in [0.1, 0.15) is 21.7 Å². The van der Waals surface area contributed by atoms with Gasteiger partial charge in [0.15, 0.2) is 0 Å². The molecular weight excluding hydrogens is 306 g/mol. The molecule has 0 bridgehead atoms. The van der Waals surface area contributed by atoms with Crippen LogP contribution in [-0.4, -0.2) is 32.8 Å². The van der Waals surface area contributed by atoms with Crippen LogP contribution in [-0.2, 0) is 18.3 Å². The van der Waals surface area contributed by atoms with Crippen LogP contribution in [0.3, 0.4) is 0 Å². The number of amides is 1. The van der Waals surface area contributed by atoms with E-state index in [1.165, 1.54) is 0 Å². The van der Waals surface area contributed by atoms with Crippen molar-refractivity contribution in [2.45, 2.75) is 19.4 Å². The molecule has 2 aromatic rings. The molecule has 0 saturated carbocycles. The molecule has 22 heavy (non-hydrogen) atoms. The molecule has 0 aliphatic heterocycles. The number of rotatable bonds is 5. The minimum absolute atomic E-state index is 0.146. The minimum atomic E-state index is -1.11. The van der Waals surface area contributed by atoms with Crippen LogP contribution in [0.5, 0.6) is 0 Å². The lowest BCUT2D eigenvalue weighted by Crippen LogP contribution is -2.42. The topological polar surface area (TPSA) is 84.2 Å². The van der Waals surface area contributed by atoms with Crippen molar-refractivity contribution in [3.05, 3.63) is 52.3 Å². The lowest BCUT2D eigenvalue weighted by molar-refractivity contribution is -0.139. The highest BCUT2D eigenvalue weighted by Gasteiger charge is 2.22. The largest absolute Gasteiger partial charge is 0.480 e. The predicted octanol–water partition coefficient (Wildman–Crippen LogP) is 1.81. The van der Waals surface area contributed by atoms with Crippen LogP contribution in [0.15, 0.2) is 30.3 Å². The normalized spacial score (nSPS) is 12.0. The van der Waals surface area contributed by atoms with E-state index in [2.05, 4.69) is 10.4 Å². The number of hydrogen-bond donors (Lipinski definition) is 2. The van der Waals surface area contributed by atoms with E-state index in [4.69, 9.17) is 11.6 Å². The summed E-state index contributed by atoms with van der Waals surface area (Å²) in [5.74, 6) is -1.63. The van der Waals surface area contributed by atoms with Gasteiger partial charge >= 0.3 is 5.97 Å². The fourth-order valence-corrected chi connectivity index (χ4v) is 2.22. The predicted molar refractivity (Wildman–Crippen MR) is 82.0 cm³/mol. The van der Waals surface area contributed by atoms with E-state index in [0.29, 0.717) is 5.02 Å². The van der Waals surface area contributed by atoms with Gasteiger partial charge in [0, 0.05) is 24.2 Å². The Morgan fingerprint density at radius 3 is 2.68 bits per heavy atom. The van der Waals surface area contributed by atoms with Crippen LogP contribution in [0.25, 0.3) is 0 Å². The van der Waals surface area contributed by atoms with Gasteiger partial charge in [-0.25, -0.2) is 4.79 Å². The van der Waals surface area contributed by atoms with Crippen molar-refractivity contribution in [1.82, 2.24) is 15.1 Å². The van der Waals surface area contributed by atoms with E-state index >= 15 is 0 Å². The maximum absolute atomic E-state index is 12.1. The summed E-state index contributed by atoms with van der Waals surface area (Å²) in [6.45, 7) is 1.81. The number of nitrogens with zero attached hydrogens (tertiary/aromatic N) is 2. The van der Waals surface area contributed by atoms with Crippen LogP contribution in [0, 0.1) is 6.92 Å². The fourth-order valence-electron chi connectivity index (χ4n) is 2.00. The number of nitrogens with one attached hydrogen (secondary N) is 1. The average molecular weight is 322 g/mol. The Morgan fingerprint density at radius 2 is 2.14 bits per heavy atom. The quantitative estimate of drug-likeness (QED) is 0.879. The van der Waals surface area contributed by atoms with Gasteiger partial charge in [-0.3, -0.25) is 9.48 Å². The molecule has 2 N–H and O–H groups in total. The lowest BCUT2D eigenvalue weighted by atomic mass is 10.1. The molecule has 1 amide bonds. The summed E-state index contributed by atoms with van der Waals surface area (Å²) in [5.41, 5.74) is 1.74. The Hall–Kier alpha value is -2.34. The molecule has 0 saturated heterocycles. The van der Waals surface area contributed by atoms with Crippen molar-refractivity contribution in [2.24, 2.45) is 7.05 Å². The van der Waals surface area contributed by atoms with Crippen molar-refractivity contribution in [3.8, 4) is 0 Å². The fraction of sp³-hybridized carbons (Fsp3) is 0.267. The molecule has 116 valence electrons. The summed E-state index contributed by atoms with van der Waals surface area (Å²) in [4.78, 5) is 23.5. The third-order valence-corrected chi connectivity index (χ3v) is 3.51. The number of carbonyl (C=O) groups excluding carboxylic acids is 1. The Labute approximate surface area is 132 Å². The van der Waals surface area contributed by atoms with Crippen molar-refractivity contribution < 1.29 is 14.7 Å². The molecule has 7 heteroatoms. The molecule has 1 heterocycles. The summed E-state index contributed by atoms with van der Waals surface area (Å²) in [6, 6.07) is 7.44. The highest BCUT2D eigenvalue weighted by atomic mass is 35.5. The molecule has 0 aliphatic rings. The Morgan fingerprint density at radius 1 is 1.41 bits per heavy atom. The summed E-state index contributed by atoms with van der Waals surface area (Å²) in [5, 5.41) is 16.3. The van der Waals surface area contributed by atoms with Crippen molar-refractivity contribution in [2.75, 3.05) is 0 Å². The molecule has 0 fully saturated rings. The number of benzene rings is 1. The van der Waals surface area contributed by atoms with Gasteiger partial charge in [-0.1, -0.05) is 23.7 Å². The molecule has 1 atom stereocenters. The molecule has 2 rings (SSSR count). The number of aliphatic carboxylic acids is 1. The third kappa shape index (κ3) is 3.85. The summed E-state index contributed by atoms with van der Waals surface area (Å²) < 4.78 is 1.56. The van der Waals surface area contributed by atoms with E-state index in [9.17, 15) is 14.7 Å². The minimum Gasteiger partial charge on any atom is -0.480 e. The molecule has 1 unspecified atom stereocenters. The van der Waals surface area contributed by atoms with Crippen molar-refractivity contribution >= 4 is 23.5 Å². The van der Waals surface area contributed by atoms with Gasteiger partial charge in [-0.2, -0.15) is 5.10 Å². The first kappa shape index (κ1) is 16.0. The van der Waals surface area contributed by atoms with Gasteiger partial charge < -0.3 is 10.4 Å². The number of aryl methyl sites for hydroxylation is 2. The van der Waals surface area contributed by atoms with E-state index in [-0.39, 0.29) is 12.1 Å². The van der Waals surface area contributed by atoms with Gasteiger partial charge in [0.25, 0.3) is 5.91 Å². The smallest absolute Gasteiger partial charge is 0.326 e. The Balaban J connectivity index is 2.12. The first-order valence-electron chi connectivity index (χ1n) is 6.65. The maximum Gasteiger partial charge on any atom is 0.326 e. The van der Waals surface area contributed by atoms with Gasteiger partial charge in [0.1, 0.15) is 11.7 Å². The average Bonchev–Trinajstić information content (AvgIpc) is 2.78. The van der Waals surface area contributed by atoms with Crippen LogP contribution in [0.4, 0.5) is 0 Å². The van der Waals surface area contributed by atoms with Gasteiger partial charge in [0.2, 0.25) is 0 Å². The van der Waals surface area contributed by atoms with Gasteiger partial charge in [-0.05, 0) is 30.7 Å². The van der Waals surface area contributed by atoms with Crippen LogP contribution in [0.2, 0.25) is 5.02 Å². The third-order valence-electron chi connectivity index (χ3n) is 3.28. The zero-order valence-electron chi connectivity index (χ0n) is 12.2. The monoisotopic (exact) mass is 321 g/mol. The zero-order chi connectivity index (χ0) is 16.3. The Kier molecular flexibility index (Phi) is 4.82. The van der Waals surface area contributed by atoms with E-state index in [1.54, 1.807) is 42.1 Å². The molecule has 1 aromatic heterocycles. The molecule has 0 spiro atoms. The van der Waals surface area contributed by atoms with E-state index in [1.807, 2.05) is 6.92 Å². The number of carbonyl (C=O) groups is 2. The van der Waals surface area contributed by atoms with Gasteiger partial charge in [-0.15, -0.1) is 0 Å². The summed E-state index contributed by atoms with van der Waals surface area (Å²) in [6.07, 6.45) is 0.146. The first-order valence-corrected chi connectivity index (χ1v) is 7.03. The molecule has 6 nitrogen and oxygen atoms in total. The number of hydrogen-bond acceptors (Lipinski definition) is 3. The first-order chi connectivity index (χ1) is 10.4. The Bertz CT molecular complexity index is 692. The number of aromatic nitrogens is 2. The SMILES string of the molecule is Cc1cc(C(=O)NC(Cc2cccc(Cl)c2)C(=O)O)nn1C. The van der Waals surface area contributed by atoms with Crippen LogP contribution < -0.4 is 5.32 Å². The second-order valence-corrected chi connectivity index (χ2v) is 5.43. The van der Waals surface area contributed by atoms with Crippen molar-refractivity contribution in [1.29, 1.82) is 0 Å². The standard InChI is InChI=1S/C15H16ClN3O3/c1-9-6-12(18-19(9)2)14(20)17-13(15(21)22)8-10-4-3-5-11(16)7-10/h3-7,13H,8H2,1-2H3,(H,17,20)(H,21,22). The number of carboxylic acid groups (broad SMARTS) is 1. The molecule has 1 aromatic carbocycles. The second kappa shape index (κ2) is 6.62.